The summed E-state index contributed by atoms with van der Waals surface area (Å²) in [6.45, 7) is 0. The molecule has 0 radical (unpaired) electrons. The lowest BCUT2D eigenvalue weighted by Gasteiger charge is -2.08. The van der Waals surface area contributed by atoms with Crippen molar-refractivity contribution in [3.63, 3.8) is 0 Å². The monoisotopic (exact) mass is 272 g/mol. The quantitative estimate of drug-likeness (QED) is 0.517. The van der Waals surface area contributed by atoms with Crippen LogP contribution in [0.5, 0.6) is 0 Å². The van der Waals surface area contributed by atoms with E-state index in [4.69, 9.17) is 23.2 Å². The largest absolute Gasteiger partial charge is 0.207 e. The molecule has 0 aliphatic heterocycles. The molecule has 1 aliphatic rings. The Balaban J connectivity index is 2.14. The lowest BCUT2D eigenvalue weighted by atomic mass is 10.0. The summed E-state index contributed by atoms with van der Waals surface area (Å²) >= 11 is 12.2. The third-order valence-electron chi connectivity index (χ3n) is 3.08. The van der Waals surface area contributed by atoms with E-state index in [1.807, 2.05) is 0 Å². The van der Waals surface area contributed by atoms with Crippen LogP contribution >= 0.6 is 23.2 Å². The molecule has 0 heterocycles. The molecule has 0 aromatic heterocycles. The fourth-order valence-electron chi connectivity index (χ4n) is 2.17. The van der Waals surface area contributed by atoms with Gasteiger partial charge in [-0.3, -0.25) is 0 Å². The molecule has 0 saturated heterocycles. The highest BCUT2D eigenvalue weighted by Crippen LogP contribution is 2.26. The minimum absolute atomic E-state index is 0.131. The predicted molar refractivity (Wildman–Crippen MR) is 71.3 cm³/mol. The molecule has 1 aromatic carbocycles. The van der Waals surface area contributed by atoms with Gasteiger partial charge >= 0.3 is 0 Å². The van der Waals surface area contributed by atoms with Crippen molar-refractivity contribution in [3.8, 4) is 0 Å². The van der Waals surface area contributed by atoms with E-state index in [9.17, 15) is 4.39 Å². The van der Waals surface area contributed by atoms with E-state index in [0.717, 1.165) is 24.8 Å². The minimum Gasteiger partial charge on any atom is -0.207 e. The van der Waals surface area contributed by atoms with Gasteiger partial charge in [0.25, 0.3) is 0 Å². The van der Waals surface area contributed by atoms with Crippen molar-refractivity contribution in [2.75, 3.05) is 0 Å². The van der Waals surface area contributed by atoms with Gasteiger partial charge in [0.2, 0.25) is 0 Å². The summed E-state index contributed by atoms with van der Waals surface area (Å²) in [5.74, 6) is -0.288. The lowest BCUT2D eigenvalue weighted by Crippen LogP contribution is -1.95. The van der Waals surface area contributed by atoms with Gasteiger partial charge in [-0.05, 0) is 43.4 Å². The third kappa shape index (κ3) is 3.72. The zero-order valence-corrected chi connectivity index (χ0v) is 11.1. The van der Waals surface area contributed by atoms with E-state index in [-0.39, 0.29) is 11.2 Å². The summed E-state index contributed by atoms with van der Waals surface area (Å²) in [5.41, 5.74) is 2.29. The van der Waals surface area contributed by atoms with Gasteiger partial charge in [-0.15, -0.1) is 11.6 Å². The molecule has 92 valence electrons. The first-order valence-electron chi connectivity index (χ1n) is 5.93. The second-order valence-corrected chi connectivity index (χ2v) is 5.47. The zero-order chi connectivity index (χ0) is 12.3. The van der Waals surface area contributed by atoms with Gasteiger partial charge in [-0.25, -0.2) is 4.39 Å². The van der Waals surface area contributed by atoms with Crippen LogP contribution in [0.1, 0.15) is 31.2 Å². The number of alkyl halides is 1. The van der Waals surface area contributed by atoms with Crippen LogP contribution in [0.25, 0.3) is 0 Å². The molecule has 0 fully saturated rings. The van der Waals surface area contributed by atoms with E-state index < -0.39 is 0 Å². The van der Waals surface area contributed by atoms with Crippen molar-refractivity contribution in [1.82, 2.24) is 0 Å². The maximum absolute atomic E-state index is 12.9. The number of halogens is 3. The summed E-state index contributed by atoms with van der Waals surface area (Å²) in [5, 5.41) is 0.632. The van der Waals surface area contributed by atoms with E-state index in [1.165, 1.54) is 30.5 Å². The molecule has 0 N–H and O–H groups in total. The fourth-order valence-corrected chi connectivity index (χ4v) is 2.74. The predicted octanol–water partition coefficient (Wildman–Crippen LogP) is 5.13. The molecule has 0 nitrogen and oxygen atoms in total. The van der Waals surface area contributed by atoms with Crippen molar-refractivity contribution in [3.05, 3.63) is 46.3 Å². The van der Waals surface area contributed by atoms with Gasteiger partial charge in [-0.2, -0.15) is 0 Å². The number of hydrogen-bond donors (Lipinski definition) is 0. The number of hydrogen-bond acceptors (Lipinski definition) is 0. The molecular formula is C14H15Cl2F. The van der Waals surface area contributed by atoms with E-state index in [0.29, 0.717) is 5.02 Å². The highest BCUT2D eigenvalue weighted by atomic mass is 35.5. The second-order valence-electron chi connectivity index (χ2n) is 4.50. The SMILES string of the molecule is Fc1ccc(CC2=CC(Cl)CCCC2)c(Cl)c1. The van der Waals surface area contributed by atoms with Crippen molar-refractivity contribution in [2.24, 2.45) is 0 Å². The smallest absolute Gasteiger partial charge is 0.124 e. The molecular weight excluding hydrogens is 258 g/mol. The van der Waals surface area contributed by atoms with Gasteiger partial charge < -0.3 is 0 Å². The number of allylic oxidation sites excluding steroid dienone is 2. The summed E-state index contributed by atoms with van der Waals surface area (Å²) < 4.78 is 12.9. The number of rotatable bonds is 2. The number of benzene rings is 1. The molecule has 1 aliphatic carbocycles. The first kappa shape index (κ1) is 12.9. The Morgan fingerprint density at radius 2 is 2.12 bits per heavy atom. The van der Waals surface area contributed by atoms with E-state index in [2.05, 4.69) is 6.08 Å². The molecule has 0 amide bonds. The Morgan fingerprint density at radius 3 is 2.88 bits per heavy atom. The fraction of sp³-hybridized carbons (Fsp3) is 0.429. The summed E-state index contributed by atoms with van der Waals surface area (Å²) in [6.07, 6.45) is 7.37. The average molecular weight is 273 g/mol. The zero-order valence-electron chi connectivity index (χ0n) is 9.56. The van der Waals surface area contributed by atoms with Crippen LogP contribution in [-0.2, 0) is 6.42 Å². The van der Waals surface area contributed by atoms with E-state index in [1.54, 1.807) is 6.07 Å². The van der Waals surface area contributed by atoms with E-state index >= 15 is 0 Å². The van der Waals surface area contributed by atoms with Crippen LogP contribution in [0.4, 0.5) is 4.39 Å². The first-order chi connectivity index (χ1) is 8.15. The second kappa shape index (κ2) is 5.88. The molecule has 17 heavy (non-hydrogen) atoms. The van der Waals surface area contributed by atoms with Gasteiger partial charge in [0.1, 0.15) is 5.82 Å². The van der Waals surface area contributed by atoms with Crippen LogP contribution in [-0.4, -0.2) is 5.38 Å². The van der Waals surface area contributed by atoms with Crippen molar-refractivity contribution in [1.29, 1.82) is 0 Å². The van der Waals surface area contributed by atoms with Crippen LogP contribution in [0.2, 0.25) is 5.02 Å². The highest BCUT2D eigenvalue weighted by Gasteiger charge is 2.11. The van der Waals surface area contributed by atoms with Gasteiger partial charge in [0, 0.05) is 5.02 Å². The maximum atomic E-state index is 12.9. The Labute approximate surface area is 111 Å². The topological polar surface area (TPSA) is 0 Å². The molecule has 0 saturated carbocycles. The average Bonchev–Trinajstić information content (AvgIpc) is 2.47. The lowest BCUT2D eigenvalue weighted by molar-refractivity contribution is 0.627. The molecule has 1 atom stereocenters. The molecule has 0 bridgehead atoms. The Kier molecular flexibility index (Phi) is 4.47. The van der Waals surface area contributed by atoms with Crippen LogP contribution in [0, 0.1) is 5.82 Å². The molecule has 3 heteroatoms. The van der Waals surface area contributed by atoms with Gasteiger partial charge in [0.05, 0.1) is 5.38 Å². The first-order valence-corrected chi connectivity index (χ1v) is 6.74. The molecule has 1 aromatic rings. The molecule has 2 rings (SSSR count). The highest BCUT2D eigenvalue weighted by molar-refractivity contribution is 6.31. The Morgan fingerprint density at radius 1 is 1.29 bits per heavy atom. The maximum Gasteiger partial charge on any atom is 0.124 e. The standard InChI is InChI=1S/C14H15Cl2F/c15-12-4-2-1-3-10(8-12)7-11-5-6-13(17)9-14(11)16/h5-6,8-9,12H,1-4,7H2. The Bertz CT molecular complexity index is 426. The summed E-state index contributed by atoms with van der Waals surface area (Å²) in [7, 11) is 0. The third-order valence-corrected chi connectivity index (χ3v) is 3.77. The van der Waals surface area contributed by atoms with Gasteiger partial charge in [-0.1, -0.05) is 35.7 Å². The van der Waals surface area contributed by atoms with Crippen LogP contribution in [0.15, 0.2) is 29.8 Å². The van der Waals surface area contributed by atoms with Crippen molar-refractivity contribution >= 4 is 23.2 Å². The normalized spacial score (nSPS) is 20.9. The van der Waals surface area contributed by atoms with Gasteiger partial charge in [0.15, 0.2) is 0 Å². The molecule has 1 unspecified atom stereocenters. The van der Waals surface area contributed by atoms with Crippen molar-refractivity contribution in [2.45, 2.75) is 37.5 Å². The summed E-state index contributed by atoms with van der Waals surface area (Å²) in [4.78, 5) is 0. The minimum atomic E-state index is -0.288. The molecule has 0 spiro atoms. The van der Waals surface area contributed by atoms with Crippen LogP contribution in [0.3, 0.4) is 0 Å². The Hall–Kier alpha value is -0.530. The van der Waals surface area contributed by atoms with Crippen LogP contribution < -0.4 is 0 Å². The van der Waals surface area contributed by atoms with Crippen molar-refractivity contribution < 1.29 is 4.39 Å². The summed E-state index contributed by atoms with van der Waals surface area (Å²) in [6, 6.07) is 4.58.